The molecule has 0 aromatic heterocycles. The zero-order valence-corrected chi connectivity index (χ0v) is 11.1. The smallest absolute Gasteiger partial charge is 0.0235 e. The summed E-state index contributed by atoms with van der Waals surface area (Å²) in [6.45, 7) is 11.2. The van der Waals surface area contributed by atoms with Crippen LogP contribution in [-0.4, -0.2) is 15.9 Å². The lowest BCUT2D eigenvalue weighted by Crippen LogP contribution is -2.40. The van der Waals surface area contributed by atoms with Crippen LogP contribution in [0.25, 0.3) is 0 Å². The van der Waals surface area contributed by atoms with Crippen LogP contribution in [0.3, 0.4) is 0 Å². The standard InChI is InChI=1S/C13H21NS/c1-11(2)14(13(3,4)5)15-12-9-7-6-8-10-12/h6-11H,1-5H3. The molecule has 0 aliphatic heterocycles. The number of benzene rings is 1. The highest BCUT2D eigenvalue weighted by atomic mass is 32.2. The van der Waals surface area contributed by atoms with E-state index in [1.807, 2.05) is 11.9 Å². The van der Waals surface area contributed by atoms with Crippen molar-refractivity contribution in [2.75, 3.05) is 0 Å². The van der Waals surface area contributed by atoms with E-state index in [1.165, 1.54) is 4.90 Å². The van der Waals surface area contributed by atoms with Gasteiger partial charge in [-0.2, -0.15) is 0 Å². The first-order valence-corrected chi connectivity index (χ1v) is 6.21. The molecule has 0 heterocycles. The van der Waals surface area contributed by atoms with Crippen molar-refractivity contribution in [1.82, 2.24) is 4.31 Å². The maximum atomic E-state index is 2.43. The molecule has 0 saturated heterocycles. The predicted octanol–water partition coefficient (Wildman–Crippen LogP) is 4.20. The summed E-state index contributed by atoms with van der Waals surface area (Å²) in [6.07, 6.45) is 0. The monoisotopic (exact) mass is 223 g/mol. The van der Waals surface area contributed by atoms with Gasteiger partial charge in [0.2, 0.25) is 0 Å². The van der Waals surface area contributed by atoms with E-state index >= 15 is 0 Å². The first-order chi connectivity index (χ1) is 6.91. The minimum Gasteiger partial charge on any atom is -0.239 e. The second kappa shape index (κ2) is 5.04. The summed E-state index contributed by atoms with van der Waals surface area (Å²) < 4.78 is 2.43. The average Bonchev–Trinajstić information content (AvgIpc) is 2.13. The van der Waals surface area contributed by atoms with Crippen molar-refractivity contribution in [1.29, 1.82) is 0 Å². The highest BCUT2D eigenvalue weighted by Gasteiger charge is 2.24. The van der Waals surface area contributed by atoms with Gasteiger partial charge in [0.05, 0.1) is 0 Å². The van der Waals surface area contributed by atoms with Gasteiger partial charge in [-0.3, -0.25) is 0 Å². The summed E-state index contributed by atoms with van der Waals surface area (Å²) in [5, 5.41) is 0. The van der Waals surface area contributed by atoms with E-state index in [0.717, 1.165) is 0 Å². The fourth-order valence-corrected chi connectivity index (χ4v) is 2.60. The Balaban J connectivity index is 2.77. The van der Waals surface area contributed by atoms with Crippen LogP contribution in [0.15, 0.2) is 35.2 Å². The van der Waals surface area contributed by atoms with E-state index in [1.54, 1.807) is 0 Å². The normalized spacial score (nSPS) is 12.5. The SMILES string of the molecule is CC(C)N(Sc1ccccc1)C(C)(C)C. The first-order valence-electron chi connectivity index (χ1n) is 5.43. The average molecular weight is 223 g/mol. The summed E-state index contributed by atoms with van der Waals surface area (Å²) in [5.41, 5.74) is 0.189. The lowest BCUT2D eigenvalue weighted by Gasteiger charge is -2.37. The maximum Gasteiger partial charge on any atom is 0.0235 e. The van der Waals surface area contributed by atoms with Crippen LogP contribution in [0.4, 0.5) is 0 Å². The molecule has 84 valence electrons. The fraction of sp³-hybridized carbons (Fsp3) is 0.538. The fourth-order valence-electron chi connectivity index (χ4n) is 1.61. The van der Waals surface area contributed by atoms with Crippen molar-refractivity contribution >= 4 is 11.9 Å². The molecule has 1 aromatic rings. The molecule has 0 fully saturated rings. The molecule has 0 N–H and O–H groups in total. The van der Waals surface area contributed by atoms with Gasteiger partial charge in [0.25, 0.3) is 0 Å². The van der Waals surface area contributed by atoms with E-state index in [9.17, 15) is 0 Å². The Hall–Kier alpha value is -0.470. The second-order valence-corrected chi connectivity index (χ2v) is 6.04. The summed E-state index contributed by atoms with van der Waals surface area (Å²) in [4.78, 5) is 1.31. The molecule has 0 bridgehead atoms. The van der Waals surface area contributed by atoms with Crippen molar-refractivity contribution in [3.8, 4) is 0 Å². The number of rotatable bonds is 3. The molecule has 15 heavy (non-hydrogen) atoms. The molecular weight excluding hydrogens is 202 g/mol. The van der Waals surface area contributed by atoms with E-state index in [0.29, 0.717) is 6.04 Å². The second-order valence-electron chi connectivity index (χ2n) is 4.99. The van der Waals surface area contributed by atoms with Gasteiger partial charge in [-0.1, -0.05) is 18.2 Å². The number of nitrogens with zero attached hydrogens (tertiary/aromatic N) is 1. The summed E-state index contributed by atoms with van der Waals surface area (Å²) >= 11 is 1.84. The molecule has 0 spiro atoms. The van der Waals surface area contributed by atoms with Crippen LogP contribution in [0.5, 0.6) is 0 Å². The largest absolute Gasteiger partial charge is 0.239 e. The maximum absolute atomic E-state index is 2.43. The van der Waals surface area contributed by atoms with Gasteiger partial charge >= 0.3 is 0 Å². The Bertz CT molecular complexity index is 287. The van der Waals surface area contributed by atoms with Crippen molar-refractivity contribution in [3.63, 3.8) is 0 Å². The van der Waals surface area contributed by atoms with E-state index in [2.05, 4.69) is 69.3 Å². The number of hydrogen-bond acceptors (Lipinski definition) is 2. The van der Waals surface area contributed by atoms with Gasteiger partial charge in [0.15, 0.2) is 0 Å². The lowest BCUT2D eigenvalue weighted by atomic mass is 10.1. The Morgan fingerprint density at radius 2 is 1.60 bits per heavy atom. The Morgan fingerprint density at radius 1 is 1.07 bits per heavy atom. The van der Waals surface area contributed by atoms with Crippen LogP contribution in [0.1, 0.15) is 34.6 Å². The Kier molecular flexibility index (Phi) is 4.23. The molecule has 0 atom stereocenters. The first kappa shape index (κ1) is 12.6. The van der Waals surface area contributed by atoms with Gasteiger partial charge in [-0.25, -0.2) is 4.31 Å². The van der Waals surface area contributed by atoms with Crippen LogP contribution >= 0.6 is 11.9 Å². The Morgan fingerprint density at radius 3 is 2.00 bits per heavy atom. The minimum atomic E-state index is 0.189. The van der Waals surface area contributed by atoms with Crippen molar-refractivity contribution in [2.45, 2.75) is 51.1 Å². The molecule has 0 aliphatic rings. The molecule has 2 heteroatoms. The molecule has 0 saturated carbocycles. The van der Waals surface area contributed by atoms with Crippen molar-refractivity contribution in [3.05, 3.63) is 30.3 Å². The lowest BCUT2D eigenvalue weighted by molar-refractivity contribution is 0.231. The molecule has 1 nitrogen and oxygen atoms in total. The van der Waals surface area contributed by atoms with Gasteiger partial charge in [0, 0.05) is 16.5 Å². The third-order valence-electron chi connectivity index (χ3n) is 2.08. The zero-order chi connectivity index (χ0) is 11.5. The van der Waals surface area contributed by atoms with Crippen molar-refractivity contribution < 1.29 is 0 Å². The number of hydrogen-bond donors (Lipinski definition) is 0. The highest BCUT2D eigenvalue weighted by Crippen LogP contribution is 2.31. The van der Waals surface area contributed by atoms with Crippen LogP contribution in [0, 0.1) is 0 Å². The van der Waals surface area contributed by atoms with Gasteiger partial charge in [-0.05, 0) is 58.7 Å². The molecule has 1 aromatic carbocycles. The van der Waals surface area contributed by atoms with E-state index in [4.69, 9.17) is 0 Å². The topological polar surface area (TPSA) is 3.24 Å². The van der Waals surface area contributed by atoms with Crippen LogP contribution < -0.4 is 0 Å². The minimum absolute atomic E-state index is 0.189. The third kappa shape index (κ3) is 3.88. The quantitative estimate of drug-likeness (QED) is 0.706. The van der Waals surface area contributed by atoms with Crippen molar-refractivity contribution in [2.24, 2.45) is 0 Å². The van der Waals surface area contributed by atoms with Gasteiger partial charge in [0.1, 0.15) is 0 Å². The highest BCUT2D eigenvalue weighted by molar-refractivity contribution is 7.97. The predicted molar refractivity (Wildman–Crippen MR) is 69.0 cm³/mol. The van der Waals surface area contributed by atoms with Gasteiger partial charge in [-0.15, -0.1) is 0 Å². The summed E-state index contributed by atoms with van der Waals surface area (Å²) in [5.74, 6) is 0. The molecule has 0 radical (unpaired) electrons. The molecule has 0 amide bonds. The summed E-state index contributed by atoms with van der Waals surface area (Å²) in [6, 6.07) is 11.1. The summed E-state index contributed by atoms with van der Waals surface area (Å²) in [7, 11) is 0. The van der Waals surface area contributed by atoms with E-state index < -0.39 is 0 Å². The van der Waals surface area contributed by atoms with E-state index in [-0.39, 0.29) is 5.54 Å². The zero-order valence-electron chi connectivity index (χ0n) is 10.3. The van der Waals surface area contributed by atoms with Crippen LogP contribution in [0.2, 0.25) is 0 Å². The molecular formula is C13H21NS. The molecule has 0 aliphatic carbocycles. The Labute approximate surface area is 98.0 Å². The molecule has 0 unspecified atom stereocenters. The van der Waals surface area contributed by atoms with Crippen LogP contribution in [-0.2, 0) is 0 Å². The molecule has 1 rings (SSSR count). The third-order valence-corrected chi connectivity index (χ3v) is 3.73. The van der Waals surface area contributed by atoms with Gasteiger partial charge < -0.3 is 0 Å².